The molecule has 8 fully saturated rings. The third-order valence-electron chi connectivity index (χ3n) is 20.6. The van der Waals surface area contributed by atoms with Crippen molar-refractivity contribution in [3.05, 3.63) is 11.6 Å². The summed E-state index contributed by atoms with van der Waals surface area (Å²) < 4.78 is 47.5. The topological polar surface area (TPSA) is 334 Å². The van der Waals surface area contributed by atoms with Crippen LogP contribution in [-0.4, -0.2) is 210 Å². The fraction of sp³-hybridized carbons (Fsp3) is 0.942. The quantitative estimate of drug-likeness (QED) is 0.0727. The Morgan fingerprint density at radius 1 is 0.616 bits per heavy atom. The highest BCUT2D eigenvalue weighted by Gasteiger charge is 2.70. The maximum absolute atomic E-state index is 15.0. The lowest BCUT2D eigenvalue weighted by Crippen LogP contribution is -2.66. The van der Waals surface area contributed by atoms with Gasteiger partial charge in [-0.1, -0.05) is 60.1 Å². The van der Waals surface area contributed by atoms with Crippen molar-refractivity contribution in [1.29, 1.82) is 0 Å². The van der Waals surface area contributed by atoms with Crippen LogP contribution in [0.2, 0.25) is 0 Å². The van der Waals surface area contributed by atoms with E-state index in [4.69, 9.17) is 37.9 Å². The fourth-order valence-electron chi connectivity index (χ4n) is 15.8. The number of esters is 1. The molecule has 26 atom stereocenters. The van der Waals surface area contributed by atoms with Gasteiger partial charge < -0.3 is 99.2 Å². The van der Waals surface area contributed by atoms with Crippen LogP contribution < -0.4 is 0 Å². The number of allylic oxidation sites excluding steroid dienone is 2. The van der Waals surface area contributed by atoms with Crippen LogP contribution >= 0.6 is 0 Å². The van der Waals surface area contributed by atoms with E-state index in [1.165, 1.54) is 5.57 Å². The first kappa shape index (κ1) is 56.2. The first-order valence-electron chi connectivity index (χ1n) is 26.6. The van der Waals surface area contributed by atoms with Gasteiger partial charge >= 0.3 is 5.97 Å². The minimum Gasteiger partial charge on any atom is -0.432 e. The zero-order valence-corrected chi connectivity index (χ0v) is 43.2. The van der Waals surface area contributed by atoms with Crippen LogP contribution in [-0.2, 0) is 42.7 Å². The Hall–Kier alpha value is -1.55. The second kappa shape index (κ2) is 20.3. The van der Waals surface area contributed by atoms with Crippen molar-refractivity contribution in [2.45, 2.75) is 229 Å². The molecule has 0 aromatic heterocycles. The number of ether oxygens (including phenoxy) is 8. The number of hydrogen-bond acceptors (Lipinski definition) is 21. The largest absolute Gasteiger partial charge is 0.432 e. The number of hydrogen-bond donors (Lipinski definition) is 12. The fourth-order valence-corrected chi connectivity index (χ4v) is 15.8. The van der Waals surface area contributed by atoms with Crippen LogP contribution in [0.15, 0.2) is 11.6 Å². The van der Waals surface area contributed by atoms with Crippen molar-refractivity contribution in [1.82, 2.24) is 0 Å². The van der Waals surface area contributed by atoms with Crippen LogP contribution in [0.3, 0.4) is 0 Å². The van der Waals surface area contributed by atoms with Gasteiger partial charge in [0.1, 0.15) is 85.5 Å². The third-order valence-corrected chi connectivity index (χ3v) is 20.6. The van der Waals surface area contributed by atoms with Gasteiger partial charge in [-0.05, 0) is 109 Å². The van der Waals surface area contributed by atoms with Crippen molar-refractivity contribution < 1.29 is 104 Å². The summed E-state index contributed by atoms with van der Waals surface area (Å²) in [5.74, 6) is -0.311. The predicted octanol–water partition coefficient (Wildman–Crippen LogP) is -0.757. The second-order valence-corrected chi connectivity index (χ2v) is 25.4. The molecule has 5 aliphatic carbocycles. The minimum atomic E-state index is -1.82. The number of rotatable bonds is 10. The molecule has 9 rings (SSSR count). The van der Waals surface area contributed by atoms with E-state index < -0.39 is 141 Å². The summed E-state index contributed by atoms with van der Waals surface area (Å²) in [6.07, 6.45) is -18.1. The van der Waals surface area contributed by atoms with Crippen LogP contribution in [0.25, 0.3) is 0 Å². The van der Waals surface area contributed by atoms with Gasteiger partial charge in [0.25, 0.3) is 0 Å². The maximum Gasteiger partial charge on any atom is 0.315 e. The lowest BCUT2D eigenvalue weighted by Gasteiger charge is -2.71. The lowest BCUT2D eigenvalue weighted by molar-refractivity contribution is -0.357. The second-order valence-electron chi connectivity index (χ2n) is 25.4. The molecule has 4 saturated heterocycles. The van der Waals surface area contributed by atoms with E-state index in [9.17, 15) is 61.3 Å². The summed E-state index contributed by atoms with van der Waals surface area (Å²) in [6.45, 7) is 14.4. The third kappa shape index (κ3) is 9.29. The van der Waals surface area contributed by atoms with Crippen molar-refractivity contribution >= 4 is 5.97 Å². The van der Waals surface area contributed by atoms with E-state index in [1.807, 2.05) is 0 Å². The van der Waals surface area contributed by atoms with Gasteiger partial charge in [0.05, 0.1) is 37.9 Å². The highest BCUT2D eigenvalue weighted by molar-refractivity contribution is 5.79. The number of carbonyl (C=O) groups excluding carboxylic acids is 1. The van der Waals surface area contributed by atoms with Gasteiger partial charge in [0.2, 0.25) is 6.29 Å². The normalized spacial score (nSPS) is 53.7. The molecule has 4 saturated carbocycles. The van der Waals surface area contributed by atoms with Gasteiger partial charge in [0.15, 0.2) is 18.9 Å². The Balaban J connectivity index is 0.920. The van der Waals surface area contributed by atoms with E-state index in [0.29, 0.717) is 25.7 Å². The van der Waals surface area contributed by atoms with Crippen LogP contribution in [0.5, 0.6) is 0 Å². The molecule has 0 amide bonds. The lowest BCUT2D eigenvalue weighted by atomic mass is 9.33. The van der Waals surface area contributed by atoms with E-state index in [-0.39, 0.29) is 58.7 Å². The van der Waals surface area contributed by atoms with E-state index in [0.717, 1.165) is 38.5 Å². The molecule has 21 heteroatoms. The average Bonchev–Trinajstić information content (AvgIpc) is 3.34. The molecule has 4 heterocycles. The zero-order valence-electron chi connectivity index (χ0n) is 43.2. The van der Waals surface area contributed by atoms with Gasteiger partial charge in [-0.25, -0.2) is 0 Å². The molecule has 0 bridgehead atoms. The van der Waals surface area contributed by atoms with Gasteiger partial charge in [-0.2, -0.15) is 0 Å². The van der Waals surface area contributed by atoms with Crippen molar-refractivity contribution in [3.8, 4) is 0 Å². The Morgan fingerprint density at radius 2 is 1.22 bits per heavy atom. The summed E-state index contributed by atoms with van der Waals surface area (Å²) >= 11 is 0. The molecule has 0 spiro atoms. The zero-order chi connectivity index (χ0) is 53.1. The summed E-state index contributed by atoms with van der Waals surface area (Å²) in [5.41, 5.74) is -0.867. The molecular formula is C52H84O21. The first-order valence-corrected chi connectivity index (χ1v) is 26.6. The number of fused-ring (bicyclic) bond motifs is 7. The summed E-state index contributed by atoms with van der Waals surface area (Å²) in [7, 11) is 0. The highest BCUT2D eigenvalue weighted by atomic mass is 16.8. The molecular weight excluding hydrogens is 961 g/mol. The molecule has 0 radical (unpaired) electrons. The molecule has 21 nitrogen and oxygen atoms in total. The van der Waals surface area contributed by atoms with E-state index >= 15 is 4.79 Å². The standard InChI is InChI=1S/C52H84O21/c1-47(2)14-16-52(46(65)73-44-40(64)37(61)35(59)28(70-44)22-68-42-39(63)36(60)34(58)27(19-53)69-42)17-15-50(6)23(24(52)18-47)8-9-30-49(5)12-11-31(48(3,4)29(49)10-13-51(30,50)7)71-45-41(33(57)26(55)21-67-45)72-43-38(62)32(56)25(54)20-66-43/h8,24-45,53-64H,9-22H2,1-7H3/t24?,25-,26-,27-,28-,29?,30?,31?,32+,33+,34-,35-,36+,37+,38-,39-,40-,41-,42-,43+,44+,45+,49?,50?,51?,52?/m1/s1. The highest BCUT2D eigenvalue weighted by Crippen LogP contribution is 2.76. The first-order chi connectivity index (χ1) is 34.2. The Morgan fingerprint density at radius 3 is 1.90 bits per heavy atom. The molecule has 12 N–H and O–H groups in total. The summed E-state index contributed by atoms with van der Waals surface area (Å²) in [5, 5.41) is 127. The monoisotopic (exact) mass is 1040 g/mol. The molecule has 418 valence electrons. The van der Waals surface area contributed by atoms with Gasteiger partial charge in [-0.3, -0.25) is 4.79 Å². The Bertz CT molecular complexity index is 2010. The van der Waals surface area contributed by atoms with E-state index in [1.54, 1.807) is 0 Å². The number of carbonyl (C=O) groups is 1. The number of aliphatic hydroxyl groups is 12. The van der Waals surface area contributed by atoms with Gasteiger partial charge in [0, 0.05) is 0 Å². The number of aliphatic hydroxyl groups excluding tert-OH is 12. The molecule has 4 aliphatic heterocycles. The maximum atomic E-state index is 15.0. The molecule has 8 unspecified atom stereocenters. The molecule has 73 heavy (non-hydrogen) atoms. The SMILES string of the molecule is CC1(C)CCC2(C(=O)O[C@@H]3O[C@H](CO[C@@H]4O[C@H](CO)[C@@H](O)[C@H](O)[C@H]4O)[C@@H](O)[C@H](O)[C@H]3O)CCC3(C)C(=CCC4C5(C)CCC(O[C@@H]6OC[C@@H](O)[C@H](O)[C@H]6O[C@@H]6OC[C@@H](O)[C@H](O)[C@H]6O)C(C)(C)C5CCC43C)C2C1. The summed E-state index contributed by atoms with van der Waals surface area (Å²) in [6, 6.07) is 0. The van der Waals surface area contributed by atoms with Crippen LogP contribution in [0.4, 0.5) is 0 Å². The van der Waals surface area contributed by atoms with E-state index in [2.05, 4.69) is 54.5 Å². The predicted molar refractivity (Wildman–Crippen MR) is 251 cm³/mol. The minimum absolute atomic E-state index is 0.113. The Labute approximate surface area is 426 Å². The van der Waals surface area contributed by atoms with Crippen LogP contribution in [0, 0.1) is 50.2 Å². The smallest absolute Gasteiger partial charge is 0.315 e. The average molecular weight is 1050 g/mol. The Kier molecular flexibility index (Phi) is 15.6. The molecule has 0 aromatic carbocycles. The van der Waals surface area contributed by atoms with Crippen LogP contribution in [0.1, 0.15) is 113 Å². The van der Waals surface area contributed by atoms with Crippen molar-refractivity contribution in [2.24, 2.45) is 50.2 Å². The summed E-state index contributed by atoms with van der Waals surface area (Å²) in [4.78, 5) is 15.0. The van der Waals surface area contributed by atoms with Crippen molar-refractivity contribution in [3.63, 3.8) is 0 Å². The van der Waals surface area contributed by atoms with Crippen molar-refractivity contribution in [2.75, 3.05) is 26.4 Å². The van der Waals surface area contributed by atoms with Gasteiger partial charge in [-0.15, -0.1) is 0 Å². The molecule has 0 aromatic rings. The molecule has 9 aliphatic rings.